The standard InChI is InChI=1S/C23H24BrNO4/c1-15-6-2-3-7-18(15)22(26)25-20(23(27)28)14-16-10-12-17(13-11-16)29-21-9-5-4-8-19(21)24/h4-5,8-15,18H,2-3,6-7H2,1H3,(H,25,26)(H,27,28)/b20-14-. The quantitative estimate of drug-likeness (QED) is 0.552. The molecule has 1 amide bonds. The zero-order valence-electron chi connectivity index (χ0n) is 16.2. The zero-order valence-corrected chi connectivity index (χ0v) is 17.8. The van der Waals surface area contributed by atoms with Gasteiger partial charge in [0.1, 0.15) is 17.2 Å². The van der Waals surface area contributed by atoms with E-state index < -0.39 is 5.97 Å². The molecule has 6 heteroatoms. The summed E-state index contributed by atoms with van der Waals surface area (Å²) in [6.45, 7) is 2.05. The smallest absolute Gasteiger partial charge is 0.352 e. The molecular formula is C23H24BrNO4. The van der Waals surface area contributed by atoms with Gasteiger partial charge in [0.05, 0.1) is 4.47 Å². The largest absolute Gasteiger partial charge is 0.477 e. The molecule has 1 aliphatic carbocycles. The number of aliphatic carboxylic acids is 1. The molecule has 2 aromatic carbocycles. The van der Waals surface area contributed by atoms with Crippen LogP contribution < -0.4 is 10.1 Å². The molecule has 2 N–H and O–H groups in total. The predicted molar refractivity (Wildman–Crippen MR) is 116 cm³/mol. The molecule has 2 aromatic rings. The van der Waals surface area contributed by atoms with Crippen LogP contribution in [0.4, 0.5) is 0 Å². The minimum absolute atomic E-state index is 0.118. The normalized spacial score (nSPS) is 19.4. The zero-order chi connectivity index (χ0) is 20.8. The lowest BCUT2D eigenvalue weighted by molar-refractivity contribution is -0.135. The molecule has 5 nitrogen and oxygen atoms in total. The summed E-state index contributed by atoms with van der Waals surface area (Å²) in [5.41, 5.74) is 0.547. The van der Waals surface area contributed by atoms with Gasteiger partial charge in [0.25, 0.3) is 0 Å². The Kier molecular flexibility index (Phi) is 7.09. The highest BCUT2D eigenvalue weighted by atomic mass is 79.9. The molecule has 2 unspecified atom stereocenters. The van der Waals surface area contributed by atoms with Gasteiger partial charge in [0, 0.05) is 5.92 Å². The minimum Gasteiger partial charge on any atom is -0.477 e. The van der Waals surface area contributed by atoms with E-state index in [1.165, 1.54) is 6.08 Å². The first kappa shape index (κ1) is 21.1. The van der Waals surface area contributed by atoms with Crippen molar-refractivity contribution in [2.45, 2.75) is 32.6 Å². The van der Waals surface area contributed by atoms with E-state index in [1.807, 2.05) is 24.3 Å². The number of carbonyl (C=O) groups is 2. The van der Waals surface area contributed by atoms with E-state index in [9.17, 15) is 14.7 Å². The van der Waals surface area contributed by atoms with Crippen LogP contribution >= 0.6 is 15.9 Å². The maximum absolute atomic E-state index is 12.6. The van der Waals surface area contributed by atoms with Gasteiger partial charge in [-0.1, -0.05) is 44.0 Å². The number of carboxylic acid groups (broad SMARTS) is 1. The molecule has 29 heavy (non-hydrogen) atoms. The average Bonchev–Trinajstić information content (AvgIpc) is 2.70. The summed E-state index contributed by atoms with van der Waals surface area (Å²) in [6, 6.07) is 14.6. The molecule has 152 valence electrons. The second-order valence-corrected chi connectivity index (χ2v) is 8.18. The Balaban J connectivity index is 1.71. The van der Waals surface area contributed by atoms with Crippen LogP contribution in [-0.4, -0.2) is 17.0 Å². The highest BCUT2D eigenvalue weighted by Crippen LogP contribution is 2.31. The van der Waals surface area contributed by atoms with Gasteiger partial charge < -0.3 is 15.2 Å². The van der Waals surface area contributed by atoms with Gasteiger partial charge in [-0.05, 0) is 70.6 Å². The number of para-hydroxylation sites is 1. The molecule has 1 aliphatic rings. The lowest BCUT2D eigenvalue weighted by Gasteiger charge is -2.27. The topological polar surface area (TPSA) is 75.6 Å². The van der Waals surface area contributed by atoms with Crippen molar-refractivity contribution >= 4 is 33.9 Å². The molecule has 0 aliphatic heterocycles. The van der Waals surface area contributed by atoms with Gasteiger partial charge in [-0.15, -0.1) is 0 Å². The Morgan fingerprint density at radius 1 is 1.10 bits per heavy atom. The molecular weight excluding hydrogens is 434 g/mol. The van der Waals surface area contributed by atoms with Crippen LogP contribution in [0, 0.1) is 11.8 Å². The first-order valence-corrected chi connectivity index (χ1v) is 10.5. The fourth-order valence-electron chi connectivity index (χ4n) is 3.54. The Bertz CT molecular complexity index is 907. The van der Waals surface area contributed by atoms with Crippen molar-refractivity contribution in [1.29, 1.82) is 0 Å². The van der Waals surface area contributed by atoms with Crippen molar-refractivity contribution in [2.75, 3.05) is 0 Å². The van der Waals surface area contributed by atoms with Gasteiger partial charge in [-0.25, -0.2) is 4.79 Å². The molecule has 0 aromatic heterocycles. The summed E-state index contributed by atoms with van der Waals surface area (Å²) in [7, 11) is 0. The average molecular weight is 458 g/mol. The third kappa shape index (κ3) is 5.70. The molecule has 1 fully saturated rings. The third-order valence-corrected chi connectivity index (χ3v) is 5.85. The maximum Gasteiger partial charge on any atom is 0.352 e. The number of hydrogen-bond donors (Lipinski definition) is 2. The number of benzene rings is 2. The number of hydrogen-bond acceptors (Lipinski definition) is 3. The monoisotopic (exact) mass is 457 g/mol. The van der Waals surface area contributed by atoms with E-state index in [2.05, 4.69) is 28.2 Å². The second-order valence-electron chi connectivity index (χ2n) is 7.32. The van der Waals surface area contributed by atoms with Crippen molar-refractivity contribution in [3.05, 3.63) is 64.3 Å². The van der Waals surface area contributed by atoms with Gasteiger partial charge in [0.15, 0.2) is 0 Å². The summed E-state index contributed by atoms with van der Waals surface area (Å²) < 4.78 is 6.66. The molecule has 0 radical (unpaired) electrons. The van der Waals surface area contributed by atoms with Crippen molar-refractivity contribution < 1.29 is 19.4 Å². The Morgan fingerprint density at radius 3 is 2.45 bits per heavy atom. The van der Waals surface area contributed by atoms with Gasteiger partial charge in [0.2, 0.25) is 5.91 Å². The first-order chi connectivity index (χ1) is 13.9. The summed E-state index contributed by atoms with van der Waals surface area (Å²) >= 11 is 3.44. The summed E-state index contributed by atoms with van der Waals surface area (Å²) in [5, 5.41) is 12.1. The number of amides is 1. The number of nitrogens with one attached hydrogen (secondary N) is 1. The van der Waals surface area contributed by atoms with Crippen LogP contribution in [0.25, 0.3) is 6.08 Å². The van der Waals surface area contributed by atoms with Gasteiger partial charge in [-0.3, -0.25) is 4.79 Å². The Labute approximate surface area is 178 Å². The summed E-state index contributed by atoms with van der Waals surface area (Å²) in [6.07, 6.45) is 5.41. The van der Waals surface area contributed by atoms with E-state index in [1.54, 1.807) is 24.3 Å². The van der Waals surface area contributed by atoms with E-state index in [4.69, 9.17) is 4.74 Å². The van der Waals surface area contributed by atoms with Crippen LogP contribution in [-0.2, 0) is 9.59 Å². The fraction of sp³-hybridized carbons (Fsp3) is 0.304. The second kappa shape index (κ2) is 9.74. The molecule has 0 heterocycles. The highest BCUT2D eigenvalue weighted by molar-refractivity contribution is 9.10. The molecule has 1 saturated carbocycles. The van der Waals surface area contributed by atoms with Crippen LogP contribution in [0.2, 0.25) is 0 Å². The predicted octanol–water partition coefficient (Wildman–Crippen LogP) is 5.61. The van der Waals surface area contributed by atoms with Crippen molar-refractivity contribution in [3.8, 4) is 11.5 Å². The maximum atomic E-state index is 12.6. The minimum atomic E-state index is -1.16. The van der Waals surface area contributed by atoms with Crippen molar-refractivity contribution in [2.24, 2.45) is 11.8 Å². The number of carboxylic acids is 1. The van der Waals surface area contributed by atoms with E-state index in [-0.39, 0.29) is 23.4 Å². The van der Waals surface area contributed by atoms with Crippen LogP contribution in [0.5, 0.6) is 11.5 Å². The van der Waals surface area contributed by atoms with Crippen molar-refractivity contribution in [3.63, 3.8) is 0 Å². The number of halogens is 1. The van der Waals surface area contributed by atoms with Crippen LogP contribution in [0.1, 0.15) is 38.2 Å². The summed E-state index contributed by atoms with van der Waals surface area (Å²) in [4.78, 5) is 24.2. The number of ether oxygens (including phenoxy) is 1. The number of rotatable bonds is 6. The Morgan fingerprint density at radius 2 is 1.79 bits per heavy atom. The van der Waals surface area contributed by atoms with Gasteiger partial charge >= 0.3 is 5.97 Å². The molecule has 2 atom stereocenters. The third-order valence-electron chi connectivity index (χ3n) is 5.19. The lowest BCUT2D eigenvalue weighted by atomic mass is 9.80. The summed E-state index contributed by atoms with van der Waals surface area (Å²) in [5.74, 6) is 0.0936. The van der Waals surface area contributed by atoms with Crippen LogP contribution in [0.15, 0.2) is 58.7 Å². The lowest BCUT2D eigenvalue weighted by Crippen LogP contribution is -2.37. The van der Waals surface area contributed by atoms with E-state index >= 15 is 0 Å². The fourth-order valence-corrected chi connectivity index (χ4v) is 3.90. The molecule has 0 spiro atoms. The van der Waals surface area contributed by atoms with E-state index in [0.29, 0.717) is 17.1 Å². The SMILES string of the molecule is CC1CCCCC1C(=O)N/C(=C\c1ccc(Oc2ccccc2Br)cc1)C(=O)O. The number of carbonyl (C=O) groups excluding carboxylic acids is 1. The molecule has 0 saturated heterocycles. The molecule has 0 bridgehead atoms. The molecule has 3 rings (SSSR count). The Hall–Kier alpha value is -2.60. The van der Waals surface area contributed by atoms with Gasteiger partial charge in [-0.2, -0.15) is 0 Å². The highest BCUT2D eigenvalue weighted by Gasteiger charge is 2.28. The van der Waals surface area contributed by atoms with Crippen molar-refractivity contribution in [1.82, 2.24) is 5.32 Å². The van der Waals surface area contributed by atoms with E-state index in [0.717, 1.165) is 30.2 Å². The first-order valence-electron chi connectivity index (χ1n) is 9.72. The van der Waals surface area contributed by atoms with Crippen LogP contribution in [0.3, 0.4) is 0 Å².